The Kier molecular flexibility index (Phi) is 5.69. The molecule has 168 valence electrons. The first-order valence-corrected chi connectivity index (χ1v) is 11.1. The van der Waals surface area contributed by atoms with Crippen LogP contribution in [0.5, 0.6) is 0 Å². The smallest absolute Gasteiger partial charge is 0.163 e. The predicted molar refractivity (Wildman–Crippen MR) is 120 cm³/mol. The minimum Gasteiger partial charge on any atom is -0.411 e. The molecule has 1 aromatic heterocycles. The van der Waals surface area contributed by atoms with Gasteiger partial charge in [-0.3, -0.25) is 0 Å². The van der Waals surface area contributed by atoms with Crippen molar-refractivity contribution in [3.8, 4) is 0 Å². The van der Waals surface area contributed by atoms with Crippen LogP contribution in [0.3, 0.4) is 0 Å². The second-order valence-electron chi connectivity index (χ2n) is 8.62. The Bertz CT molecular complexity index is 1140. The lowest BCUT2D eigenvalue weighted by atomic mass is 9.98. The molecule has 2 unspecified atom stereocenters. The molecule has 8 heteroatoms. The summed E-state index contributed by atoms with van der Waals surface area (Å²) in [6, 6.07) is 14.1. The number of benzene rings is 2. The van der Waals surface area contributed by atoms with Crippen molar-refractivity contribution in [3.63, 3.8) is 0 Å². The van der Waals surface area contributed by atoms with Crippen LogP contribution < -0.4 is 0 Å². The zero-order valence-electron chi connectivity index (χ0n) is 17.3. The number of rotatable bonds is 5. The van der Waals surface area contributed by atoms with Gasteiger partial charge >= 0.3 is 0 Å². The van der Waals surface area contributed by atoms with Crippen molar-refractivity contribution in [3.05, 3.63) is 70.4 Å². The van der Waals surface area contributed by atoms with E-state index in [1.54, 1.807) is 4.57 Å². The summed E-state index contributed by atoms with van der Waals surface area (Å²) < 4.78 is 7.53. The molecule has 5 rings (SSSR count). The fraction of sp³-hybridized carbons (Fsp3) is 0.375. The van der Waals surface area contributed by atoms with E-state index in [-0.39, 0.29) is 0 Å². The SMILES string of the molecule is O/N=C/C1O[C@@H](n2cc(Cc3ccc(C4CC4)cc3)c3c(Cl)cccc32)[C@H](O)C(O)[C@@H]1O. The molecule has 4 N–H and O–H groups in total. The highest BCUT2D eigenvalue weighted by molar-refractivity contribution is 6.35. The lowest BCUT2D eigenvalue weighted by Gasteiger charge is -2.39. The summed E-state index contributed by atoms with van der Waals surface area (Å²) in [5.74, 6) is 0.697. The van der Waals surface area contributed by atoms with Gasteiger partial charge in [-0.15, -0.1) is 0 Å². The van der Waals surface area contributed by atoms with Crippen LogP contribution >= 0.6 is 11.6 Å². The molecule has 1 saturated carbocycles. The molecule has 2 fully saturated rings. The first-order valence-electron chi connectivity index (χ1n) is 10.7. The maximum atomic E-state index is 10.7. The van der Waals surface area contributed by atoms with Crippen LogP contribution in [0.4, 0.5) is 0 Å². The molecule has 1 aliphatic heterocycles. The van der Waals surface area contributed by atoms with Crippen molar-refractivity contribution < 1.29 is 25.3 Å². The third-order valence-corrected chi connectivity index (χ3v) is 6.74. The molecule has 2 aromatic carbocycles. The van der Waals surface area contributed by atoms with Crippen molar-refractivity contribution in [1.29, 1.82) is 0 Å². The summed E-state index contributed by atoms with van der Waals surface area (Å²) in [4.78, 5) is 0. The van der Waals surface area contributed by atoms with E-state index < -0.39 is 30.6 Å². The molecule has 0 spiro atoms. The monoisotopic (exact) mass is 456 g/mol. The van der Waals surface area contributed by atoms with Gasteiger partial charge in [-0.25, -0.2) is 0 Å². The van der Waals surface area contributed by atoms with Gasteiger partial charge in [0.15, 0.2) is 6.23 Å². The molecule has 2 heterocycles. The summed E-state index contributed by atoms with van der Waals surface area (Å²) in [5, 5.41) is 44.4. The second-order valence-corrected chi connectivity index (χ2v) is 9.02. The Hall–Kier alpha value is -2.42. The highest BCUT2D eigenvalue weighted by Crippen LogP contribution is 2.40. The van der Waals surface area contributed by atoms with Crippen LogP contribution in [0.2, 0.25) is 5.02 Å². The van der Waals surface area contributed by atoms with Crippen molar-refractivity contribution in [2.75, 3.05) is 0 Å². The van der Waals surface area contributed by atoms with E-state index in [0.717, 1.165) is 28.2 Å². The minimum absolute atomic E-state index is 0.574. The summed E-state index contributed by atoms with van der Waals surface area (Å²) in [5.41, 5.74) is 4.19. The van der Waals surface area contributed by atoms with Gasteiger partial charge in [-0.05, 0) is 54.0 Å². The molecule has 2 aliphatic rings. The topological polar surface area (TPSA) is 107 Å². The molecule has 3 aromatic rings. The van der Waals surface area contributed by atoms with Gasteiger partial charge in [-0.2, -0.15) is 0 Å². The largest absolute Gasteiger partial charge is 0.411 e. The number of aliphatic hydroxyl groups excluding tert-OH is 3. The lowest BCUT2D eigenvalue weighted by Crippen LogP contribution is -2.55. The summed E-state index contributed by atoms with van der Waals surface area (Å²) in [7, 11) is 0. The molecule has 7 nitrogen and oxygen atoms in total. The number of halogens is 1. The number of nitrogens with zero attached hydrogens (tertiary/aromatic N) is 2. The number of ether oxygens (including phenoxy) is 1. The Labute approximate surface area is 190 Å². The number of aromatic nitrogens is 1. The van der Waals surface area contributed by atoms with Gasteiger partial charge in [0, 0.05) is 11.6 Å². The fourth-order valence-electron chi connectivity index (χ4n) is 4.54. The minimum atomic E-state index is -1.48. The molecule has 0 bridgehead atoms. The first kappa shape index (κ1) is 21.4. The second kappa shape index (κ2) is 8.50. The summed E-state index contributed by atoms with van der Waals surface area (Å²) in [6.45, 7) is 0. The zero-order chi connectivity index (χ0) is 22.4. The molecule has 0 amide bonds. The Morgan fingerprint density at radius 2 is 1.78 bits per heavy atom. The lowest BCUT2D eigenvalue weighted by molar-refractivity contribution is -0.225. The number of aliphatic hydroxyl groups is 3. The maximum absolute atomic E-state index is 10.7. The van der Waals surface area contributed by atoms with E-state index in [1.807, 2.05) is 24.4 Å². The Balaban J connectivity index is 1.53. The standard InChI is InChI=1S/C24H25ClN2O5/c25-17-2-1-3-18-20(17)16(10-13-4-6-14(7-5-13)15-8-9-15)12-27(18)24-23(30)22(29)21(28)19(32-24)11-26-31/h1-7,11-12,15,19,21-24,28-31H,8-10H2/b26-11+/t19?,21-,22?,23-,24-/m1/s1. The van der Waals surface area contributed by atoms with Gasteiger partial charge in [0.2, 0.25) is 0 Å². The average Bonchev–Trinajstić information content (AvgIpc) is 3.58. The van der Waals surface area contributed by atoms with Gasteiger partial charge in [0.05, 0.1) is 16.8 Å². The molecule has 1 aliphatic carbocycles. The molecule has 5 atom stereocenters. The number of fused-ring (bicyclic) bond motifs is 1. The third kappa shape index (κ3) is 3.80. The predicted octanol–water partition coefficient (Wildman–Crippen LogP) is 3.20. The third-order valence-electron chi connectivity index (χ3n) is 6.42. The number of oxime groups is 1. The van der Waals surface area contributed by atoms with E-state index in [9.17, 15) is 15.3 Å². The van der Waals surface area contributed by atoms with Gasteiger partial charge < -0.3 is 29.8 Å². The van der Waals surface area contributed by atoms with E-state index in [1.165, 1.54) is 18.4 Å². The Morgan fingerprint density at radius 3 is 2.47 bits per heavy atom. The van der Waals surface area contributed by atoms with Crippen LogP contribution in [-0.2, 0) is 11.2 Å². The van der Waals surface area contributed by atoms with E-state index in [0.29, 0.717) is 17.4 Å². The van der Waals surface area contributed by atoms with Crippen molar-refractivity contribution in [2.24, 2.45) is 5.16 Å². The van der Waals surface area contributed by atoms with Crippen LogP contribution in [0.1, 0.15) is 41.7 Å². The van der Waals surface area contributed by atoms with E-state index >= 15 is 0 Å². The Morgan fingerprint density at radius 1 is 1.03 bits per heavy atom. The van der Waals surface area contributed by atoms with Crippen LogP contribution in [0.25, 0.3) is 10.9 Å². The van der Waals surface area contributed by atoms with Crippen molar-refractivity contribution in [2.45, 2.75) is 55.8 Å². The molecular formula is C24H25ClN2O5. The molecular weight excluding hydrogens is 432 g/mol. The number of hydrogen-bond acceptors (Lipinski definition) is 6. The molecule has 0 radical (unpaired) electrons. The van der Waals surface area contributed by atoms with E-state index in [2.05, 4.69) is 29.4 Å². The fourth-order valence-corrected chi connectivity index (χ4v) is 4.83. The normalized spacial score (nSPS) is 28.6. The van der Waals surface area contributed by atoms with Crippen molar-refractivity contribution in [1.82, 2.24) is 4.57 Å². The number of hydrogen-bond donors (Lipinski definition) is 4. The summed E-state index contributed by atoms with van der Waals surface area (Å²) >= 11 is 6.56. The molecule has 1 saturated heterocycles. The van der Waals surface area contributed by atoms with Gasteiger partial charge in [-0.1, -0.05) is 47.1 Å². The summed E-state index contributed by atoms with van der Waals surface area (Å²) in [6.07, 6.45) is -0.393. The van der Waals surface area contributed by atoms with Crippen molar-refractivity contribution >= 4 is 28.7 Å². The van der Waals surface area contributed by atoms with Gasteiger partial charge in [0.1, 0.15) is 24.4 Å². The van der Waals surface area contributed by atoms with Crippen LogP contribution in [0, 0.1) is 0 Å². The average molecular weight is 457 g/mol. The van der Waals surface area contributed by atoms with E-state index in [4.69, 9.17) is 21.5 Å². The molecule has 32 heavy (non-hydrogen) atoms. The van der Waals surface area contributed by atoms with Crippen LogP contribution in [0.15, 0.2) is 53.8 Å². The first-order chi connectivity index (χ1) is 15.5. The van der Waals surface area contributed by atoms with Gasteiger partial charge in [0.25, 0.3) is 0 Å². The zero-order valence-corrected chi connectivity index (χ0v) is 18.0. The van der Waals surface area contributed by atoms with Crippen LogP contribution in [-0.4, -0.2) is 55.7 Å². The highest BCUT2D eigenvalue weighted by Gasteiger charge is 2.44. The quantitative estimate of drug-likeness (QED) is 0.268. The highest BCUT2D eigenvalue weighted by atomic mass is 35.5. The maximum Gasteiger partial charge on any atom is 0.163 e.